The lowest BCUT2D eigenvalue weighted by molar-refractivity contribution is 0.101. The van der Waals surface area contributed by atoms with Crippen molar-refractivity contribution in [3.63, 3.8) is 0 Å². The van der Waals surface area contributed by atoms with Crippen LogP contribution in [0.25, 0.3) is 6.08 Å². The molecule has 17 heavy (non-hydrogen) atoms. The predicted octanol–water partition coefficient (Wildman–Crippen LogP) is 3.08. The molecule has 0 spiro atoms. The second kappa shape index (κ2) is 3.91. The summed E-state index contributed by atoms with van der Waals surface area (Å²) in [5.74, 6) is 1.30. The van der Waals surface area contributed by atoms with E-state index in [0.717, 1.165) is 11.3 Å². The predicted molar refractivity (Wildman–Crippen MR) is 66.7 cm³/mol. The maximum Gasteiger partial charge on any atom is 0.163 e. The van der Waals surface area contributed by atoms with Crippen LogP contribution in [0.4, 0.5) is 0 Å². The standard InChI is InChI=1S/C14H16O3/c1-9(15)11-7-10-5-6-14(2,3)17-12(10)8-13(11)16-4/h5-8H,1-4H3. The van der Waals surface area contributed by atoms with E-state index in [-0.39, 0.29) is 11.4 Å². The number of rotatable bonds is 2. The van der Waals surface area contributed by atoms with Gasteiger partial charge in [0.05, 0.1) is 12.7 Å². The minimum Gasteiger partial charge on any atom is -0.496 e. The minimum absolute atomic E-state index is 0.0112. The van der Waals surface area contributed by atoms with Gasteiger partial charge in [-0.3, -0.25) is 4.79 Å². The zero-order chi connectivity index (χ0) is 12.6. The van der Waals surface area contributed by atoms with Crippen molar-refractivity contribution in [3.05, 3.63) is 29.3 Å². The summed E-state index contributed by atoms with van der Waals surface area (Å²) in [5.41, 5.74) is 1.17. The fourth-order valence-electron chi connectivity index (χ4n) is 1.85. The van der Waals surface area contributed by atoms with Crippen molar-refractivity contribution in [1.82, 2.24) is 0 Å². The lowest BCUT2D eigenvalue weighted by Gasteiger charge is -2.28. The van der Waals surface area contributed by atoms with E-state index in [9.17, 15) is 4.79 Å². The number of carbonyl (C=O) groups is 1. The van der Waals surface area contributed by atoms with Gasteiger partial charge in [0.25, 0.3) is 0 Å². The van der Waals surface area contributed by atoms with E-state index >= 15 is 0 Å². The van der Waals surface area contributed by atoms with Gasteiger partial charge < -0.3 is 9.47 Å². The highest BCUT2D eigenvalue weighted by Crippen LogP contribution is 2.36. The lowest BCUT2D eigenvalue weighted by Crippen LogP contribution is -2.27. The fourth-order valence-corrected chi connectivity index (χ4v) is 1.85. The molecule has 0 radical (unpaired) electrons. The summed E-state index contributed by atoms with van der Waals surface area (Å²) < 4.78 is 11.0. The Kier molecular flexibility index (Phi) is 2.69. The molecule has 0 aromatic heterocycles. The number of benzene rings is 1. The van der Waals surface area contributed by atoms with Crippen LogP contribution >= 0.6 is 0 Å². The van der Waals surface area contributed by atoms with Gasteiger partial charge in [-0.2, -0.15) is 0 Å². The fraction of sp³-hybridized carbons (Fsp3) is 0.357. The first-order valence-corrected chi connectivity index (χ1v) is 5.54. The minimum atomic E-state index is -0.324. The molecule has 0 unspecified atom stereocenters. The molecular weight excluding hydrogens is 216 g/mol. The van der Waals surface area contributed by atoms with Crippen molar-refractivity contribution in [3.8, 4) is 11.5 Å². The average molecular weight is 232 g/mol. The number of Topliss-reactive ketones (excluding diaryl/α,β-unsaturated/α-hetero) is 1. The van der Waals surface area contributed by atoms with Crippen molar-refractivity contribution in [2.45, 2.75) is 26.4 Å². The van der Waals surface area contributed by atoms with Crippen molar-refractivity contribution >= 4 is 11.9 Å². The normalized spacial score (nSPS) is 16.0. The molecule has 1 aliphatic rings. The van der Waals surface area contributed by atoms with Gasteiger partial charge >= 0.3 is 0 Å². The van der Waals surface area contributed by atoms with Crippen LogP contribution in [0.15, 0.2) is 18.2 Å². The SMILES string of the molecule is COc1cc2c(cc1C(C)=O)C=CC(C)(C)O2. The molecule has 90 valence electrons. The number of hydrogen-bond acceptors (Lipinski definition) is 3. The molecule has 1 aromatic rings. The van der Waals surface area contributed by atoms with Crippen LogP contribution in [0.5, 0.6) is 11.5 Å². The Bertz CT molecular complexity index is 498. The molecule has 0 bridgehead atoms. The summed E-state index contributed by atoms with van der Waals surface area (Å²) in [6, 6.07) is 3.58. The second-order valence-corrected chi connectivity index (χ2v) is 4.69. The van der Waals surface area contributed by atoms with Crippen LogP contribution in [0.3, 0.4) is 0 Å². The molecule has 0 atom stereocenters. The third-order valence-electron chi connectivity index (χ3n) is 2.75. The molecule has 0 saturated carbocycles. The molecule has 0 aliphatic carbocycles. The largest absolute Gasteiger partial charge is 0.496 e. The molecule has 1 aliphatic heterocycles. The molecule has 1 aromatic carbocycles. The third-order valence-corrected chi connectivity index (χ3v) is 2.75. The molecule has 0 N–H and O–H groups in total. The molecule has 0 saturated heterocycles. The van der Waals surface area contributed by atoms with E-state index in [1.54, 1.807) is 13.2 Å². The zero-order valence-electron chi connectivity index (χ0n) is 10.5. The number of methoxy groups -OCH3 is 1. The summed E-state index contributed by atoms with van der Waals surface area (Å²) in [6.45, 7) is 5.50. The van der Waals surface area contributed by atoms with Crippen LogP contribution in [0, 0.1) is 0 Å². The molecular formula is C14H16O3. The van der Waals surface area contributed by atoms with Gasteiger partial charge in [0.15, 0.2) is 5.78 Å². The quantitative estimate of drug-likeness (QED) is 0.735. The van der Waals surface area contributed by atoms with Gasteiger partial charge in [-0.1, -0.05) is 6.08 Å². The van der Waals surface area contributed by atoms with Crippen molar-refractivity contribution < 1.29 is 14.3 Å². The van der Waals surface area contributed by atoms with E-state index in [1.165, 1.54) is 6.92 Å². The Morgan fingerprint density at radius 3 is 2.65 bits per heavy atom. The first kappa shape index (κ1) is 11.7. The van der Waals surface area contributed by atoms with Gasteiger partial charge in [0.2, 0.25) is 0 Å². The van der Waals surface area contributed by atoms with E-state index in [2.05, 4.69) is 0 Å². The van der Waals surface area contributed by atoms with Crippen molar-refractivity contribution in [2.75, 3.05) is 7.11 Å². The van der Waals surface area contributed by atoms with Gasteiger partial charge in [-0.25, -0.2) is 0 Å². The Morgan fingerprint density at radius 2 is 2.06 bits per heavy atom. The van der Waals surface area contributed by atoms with Crippen molar-refractivity contribution in [2.24, 2.45) is 0 Å². The van der Waals surface area contributed by atoms with Crippen LogP contribution in [0.2, 0.25) is 0 Å². The maximum atomic E-state index is 11.5. The highest BCUT2D eigenvalue weighted by Gasteiger charge is 2.23. The van der Waals surface area contributed by atoms with E-state index < -0.39 is 0 Å². The maximum absolute atomic E-state index is 11.5. The molecule has 0 amide bonds. The smallest absolute Gasteiger partial charge is 0.163 e. The summed E-state index contributed by atoms with van der Waals surface area (Å²) in [4.78, 5) is 11.5. The topological polar surface area (TPSA) is 35.5 Å². The van der Waals surface area contributed by atoms with Crippen LogP contribution in [0.1, 0.15) is 36.7 Å². The van der Waals surface area contributed by atoms with Gasteiger partial charge in [0, 0.05) is 11.6 Å². The van der Waals surface area contributed by atoms with E-state index in [4.69, 9.17) is 9.47 Å². The highest BCUT2D eigenvalue weighted by molar-refractivity contribution is 5.98. The monoisotopic (exact) mass is 232 g/mol. The van der Waals surface area contributed by atoms with Crippen LogP contribution in [-0.4, -0.2) is 18.5 Å². The molecule has 0 fully saturated rings. The summed E-state index contributed by atoms with van der Waals surface area (Å²) in [6.07, 6.45) is 3.95. The number of hydrogen-bond donors (Lipinski definition) is 0. The summed E-state index contributed by atoms with van der Waals surface area (Å²) in [7, 11) is 1.55. The lowest BCUT2D eigenvalue weighted by atomic mass is 9.99. The third kappa shape index (κ3) is 2.18. The number of fused-ring (bicyclic) bond motifs is 1. The summed E-state index contributed by atoms with van der Waals surface area (Å²) in [5, 5.41) is 0. The zero-order valence-corrected chi connectivity index (χ0v) is 10.5. The van der Waals surface area contributed by atoms with Crippen molar-refractivity contribution in [1.29, 1.82) is 0 Å². The average Bonchev–Trinajstić information content (AvgIpc) is 2.25. The van der Waals surface area contributed by atoms with Gasteiger partial charge in [0.1, 0.15) is 17.1 Å². The highest BCUT2D eigenvalue weighted by atomic mass is 16.5. The Balaban J connectivity index is 2.55. The molecule has 3 heteroatoms. The first-order chi connectivity index (χ1) is 7.93. The molecule has 3 nitrogen and oxygen atoms in total. The van der Waals surface area contributed by atoms with E-state index in [1.807, 2.05) is 32.1 Å². The van der Waals surface area contributed by atoms with E-state index in [0.29, 0.717) is 11.3 Å². The Labute approximate surface area is 101 Å². The second-order valence-electron chi connectivity index (χ2n) is 4.69. The molecule has 1 heterocycles. The molecule has 2 rings (SSSR count). The Hall–Kier alpha value is -1.77. The van der Waals surface area contributed by atoms with Crippen LogP contribution < -0.4 is 9.47 Å². The van der Waals surface area contributed by atoms with Gasteiger partial charge in [-0.15, -0.1) is 0 Å². The number of carbonyl (C=O) groups excluding carboxylic acids is 1. The first-order valence-electron chi connectivity index (χ1n) is 5.54. The summed E-state index contributed by atoms with van der Waals surface area (Å²) >= 11 is 0. The number of ether oxygens (including phenoxy) is 2. The Morgan fingerprint density at radius 1 is 1.35 bits per heavy atom. The van der Waals surface area contributed by atoms with Crippen LogP contribution in [-0.2, 0) is 0 Å². The van der Waals surface area contributed by atoms with Gasteiger partial charge in [-0.05, 0) is 32.9 Å². The number of ketones is 1.